The average molecular weight is 1030 g/mol. The fraction of sp³-hybridized carbons (Fsp3) is 0.0317. The lowest BCUT2D eigenvalue weighted by Gasteiger charge is -2.15. The summed E-state index contributed by atoms with van der Waals surface area (Å²) in [4.78, 5) is 94.5. The first-order valence-corrected chi connectivity index (χ1v) is 24.3. The number of hydrogen-bond donors (Lipinski definition) is 1. The molecule has 3 aliphatic heterocycles. The van der Waals surface area contributed by atoms with E-state index in [0.717, 1.165) is 15.4 Å². The maximum Gasteiger partial charge on any atom is 0.266 e. The molecule has 0 saturated heterocycles. The van der Waals surface area contributed by atoms with Crippen LogP contribution in [0.15, 0.2) is 212 Å². The molecule has 3 heterocycles. The molecule has 9 aromatic carbocycles. The zero-order valence-electron chi connectivity index (χ0n) is 41.5. The van der Waals surface area contributed by atoms with E-state index in [0.29, 0.717) is 85.2 Å². The lowest BCUT2D eigenvalue weighted by Crippen LogP contribution is -2.29. The minimum Gasteiger partial charge on any atom is -0.497 e. The Bertz CT molecular complexity index is 3900. The van der Waals surface area contributed by atoms with Gasteiger partial charge in [0.15, 0.2) is 0 Å². The third kappa shape index (κ3) is 9.69. The van der Waals surface area contributed by atoms with Gasteiger partial charge in [-0.3, -0.25) is 33.6 Å². The van der Waals surface area contributed by atoms with Gasteiger partial charge in [0.2, 0.25) is 0 Å². The molecule has 0 spiro atoms. The molecule has 0 fully saturated rings. The maximum atomic E-state index is 13.6. The zero-order chi connectivity index (χ0) is 54.0. The van der Waals surface area contributed by atoms with Crippen LogP contribution in [0.2, 0.25) is 0 Å². The second-order valence-electron chi connectivity index (χ2n) is 18.0. The number of aryl methyl sites for hydroxylation is 1. The van der Waals surface area contributed by atoms with Crippen LogP contribution in [0.4, 0.5) is 22.7 Å². The van der Waals surface area contributed by atoms with Gasteiger partial charge in [0.05, 0.1) is 57.6 Å². The minimum atomic E-state index is -0.569. The number of rotatable bonds is 12. The lowest BCUT2D eigenvalue weighted by atomic mass is 10.1. The summed E-state index contributed by atoms with van der Waals surface area (Å²) < 4.78 is 23.4. The van der Waals surface area contributed by atoms with Gasteiger partial charge in [-0.1, -0.05) is 66.7 Å². The van der Waals surface area contributed by atoms with E-state index >= 15 is 0 Å². The Labute approximate surface area is 446 Å². The smallest absolute Gasteiger partial charge is 0.266 e. The van der Waals surface area contributed by atoms with Gasteiger partial charge in [0.25, 0.3) is 41.4 Å². The summed E-state index contributed by atoms with van der Waals surface area (Å²) in [6, 6.07) is 59.4. The molecule has 9 aromatic rings. The fourth-order valence-corrected chi connectivity index (χ4v) is 9.12. The fourth-order valence-electron chi connectivity index (χ4n) is 9.12. The molecule has 78 heavy (non-hydrogen) atoms. The second-order valence-corrected chi connectivity index (χ2v) is 18.0. The van der Waals surface area contributed by atoms with Crippen molar-refractivity contribution < 1.29 is 52.5 Å². The molecule has 380 valence electrons. The first kappa shape index (κ1) is 49.3. The van der Waals surface area contributed by atoms with E-state index in [9.17, 15) is 33.6 Å². The van der Waals surface area contributed by atoms with Gasteiger partial charge in [-0.15, -0.1) is 0 Å². The van der Waals surface area contributed by atoms with Gasteiger partial charge in [-0.2, -0.15) is 0 Å². The molecular weight excluding hydrogens is 989 g/mol. The summed E-state index contributed by atoms with van der Waals surface area (Å²) in [5.41, 5.74) is 4.86. The number of hydrogen-bond acceptors (Lipinski definition) is 11. The van der Waals surface area contributed by atoms with E-state index < -0.39 is 29.5 Å². The molecule has 0 atom stereocenters. The number of carbonyl (C=O) groups is 7. The summed E-state index contributed by atoms with van der Waals surface area (Å²) in [6.45, 7) is 1.93. The Morgan fingerprint density at radius 1 is 0.346 bits per heavy atom. The molecule has 0 saturated carbocycles. The topological polar surface area (TPSA) is 178 Å². The Balaban J connectivity index is 0.000000301. The highest BCUT2D eigenvalue weighted by molar-refractivity contribution is 6.36. The SMILES string of the molecule is COc1cccc(Oc2cccc(N3C(=O)c4ccc(C(=O)Nc5cccc(Oc6cccc(Oc7cccc(N8C(=O)c9ccccc9C8=O)c7)c6)c5)cc4C3=O)c2)c1.Cc1cccc(N2C(=O)c3ccccc3C2=O)c1. The molecule has 3 aliphatic rings. The molecule has 0 aromatic heterocycles. The molecule has 0 bridgehead atoms. The van der Waals surface area contributed by atoms with E-state index in [1.54, 1.807) is 183 Å². The summed E-state index contributed by atoms with van der Waals surface area (Å²) in [5, 5.41) is 2.84. The summed E-state index contributed by atoms with van der Waals surface area (Å²) >= 11 is 0. The van der Waals surface area contributed by atoms with E-state index in [4.69, 9.17) is 18.9 Å². The molecule has 0 radical (unpaired) electrons. The number of methoxy groups -OCH3 is 1. The Morgan fingerprint density at radius 3 is 1.17 bits per heavy atom. The summed E-state index contributed by atoms with van der Waals surface area (Å²) in [6.07, 6.45) is 0. The monoisotopic (exact) mass is 1030 g/mol. The van der Waals surface area contributed by atoms with E-state index in [1.165, 1.54) is 23.1 Å². The largest absolute Gasteiger partial charge is 0.497 e. The van der Waals surface area contributed by atoms with Crippen molar-refractivity contribution in [1.29, 1.82) is 0 Å². The highest BCUT2D eigenvalue weighted by Gasteiger charge is 2.39. The number of nitrogens with one attached hydrogen (secondary N) is 1. The third-order valence-corrected chi connectivity index (χ3v) is 12.8. The zero-order valence-corrected chi connectivity index (χ0v) is 41.5. The van der Waals surface area contributed by atoms with Crippen LogP contribution in [-0.4, -0.2) is 48.5 Å². The average Bonchev–Trinajstić information content (AvgIpc) is 4.07. The number of anilines is 4. The van der Waals surface area contributed by atoms with Crippen LogP contribution in [0, 0.1) is 6.92 Å². The predicted octanol–water partition coefficient (Wildman–Crippen LogP) is 12.7. The molecule has 15 heteroatoms. The summed E-state index contributed by atoms with van der Waals surface area (Å²) in [7, 11) is 1.56. The van der Waals surface area contributed by atoms with Crippen molar-refractivity contribution in [3.63, 3.8) is 0 Å². The Morgan fingerprint density at radius 2 is 0.705 bits per heavy atom. The summed E-state index contributed by atoms with van der Waals surface area (Å²) in [5.74, 6) is 0.361. The van der Waals surface area contributed by atoms with Crippen LogP contribution in [0.25, 0.3) is 0 Å². The van der Waals surface area contributed by atoms with E-state index in [1.807, 2.05) is 25.1 Å². The predicted molar refractivity (Wildman–Crippen MR) is 291 cm³/mol. The van der Waals surface area contributed by atoms with Gasteiger partial charge >= 0.3 is 0 Å². The van der Waals surface area contributed by atoms with Gasteiger partial charge in [0.1, 0.15) is 40.2 Å². The van der Waals surface area contributed by atoms with Gasteiger partial charge in [0, 0.05) is 41.6 Å². The molecule has 7 amide bonds. The first-order chi connectivity index (χ1) is 37.9. The van der Waals surface area contributed by atoms with E-state index in [-0.39, 0.29) is 28.5 Å². The van der Waals surface area contributed by atoms with Crippen LogP contribution >= 0.6 is 0 Å². The van der Waals surface area contributed by atoms with Crippen molar-refractivity contribution in [2.24, 2.45) is 0 Å². The lowest BCUT2D eigenvalue weighted by molar-refractivity contribution is 0.0910. The van der Waals surface area contributed by atoms with Crippen molar-refractivity contribution in [3.8, 4) is 40.2 Å². The standard InChI is InChI=1S/C48H31N3O9.C15H11NO2/c1-57-33-12-7-16-37(27-33)59-35-14-6-11-32(26-35)51-47(55)42-22-21-29(23-43(42)48(51)56)44(52)49-30-9-4-13-34(24-30)58-38-17-8-18-39(28-38)60-36-15-5-10-31(25-36)50-45(53)40-19-2-3-20-41(40)46(50)54;1-10-5-4-6-11(9-10)16-14(17)12-7-2-3-8-13(12)15(16)18/h2-28H,1H3,(H,49,52);2-9H,1H3. The van der Waals surface area contributed by atoms with Crippen LogP contribution in [0.3, 0.4) is 0 Å². The molecule has 0 aliphatic carbocycles. The quantitative estimate of drug-likeness (QED) is 0.115. The number of amides is 7. The number of benzene rings is 9. The second kappa shape index (κ2) is 20.8. The van der Waals surface area contributed by atoms with Crippen LogP contribution in [0.1, 0.15) is 78.1 Å². The van der Waals surface area contributed by atoms with Gasteiger partial charge in [-0.05, 0) is 128 Å². The normalized spacial score (nSPS) is 13.1. The molecule has 12 rings (SSSR count). The van der Waals surface area contributed by atoms with Gasteiger partial charge in [-0.25, -0.2) is 14.7 Å². The molecular formula is C63H42N4O11. The maximum absolute atomic E-state index is 13.6. The van der Waals surface area contributed by atoms with Crippen molar-refractivity contribution >= 4 is 64.1 Å². The number of ether oxygens (including phenoxy) is 4. The van der Waals surface area contributed by atoms with Crippen LogP contribution in [-0.2, 0) is 0 Å². The van der Waals surface area contributed by atoms with Gasteiger partial charge < -0.3 is 24.3 Å². The van der Waals surface area contributed by atoms with Crippen molar-refractivity contribution in [2.45, 2.75) is 6.92 Å². The van der Waals surface area contributed by atoms with E-state index in [2.05, 4.69) is 5.32 Å². The number of carbonyl (C=O) groups excluding carboxylic acids is 7. The first-order valence-electron chi connectivity index (χ1n) is 24.3. The molecule has 1 N–H and O–H groups in total. The molecule has 15 nitrogen and oxygen atoms in total. The Kier molecular flexibility index (Phi) is 13.1. The number of imide groups is 3. The highest BCUT2D eigenvalue weighted by atomic mass is 16.5. The highest BCUT2D eigenvalue weighted by Crippen LogP contribution is 2.36. The van der Waals surface area contributed by atoms with Crippen molar-refractivity contribution in [3.05, 3.63) is 257 Å². The van der Waals surface area contributed by atoms with Crippen LogP contribution in [0.5, 0.6) is 40.2 Å². The minimum absolute atomic E-state index is 0.0984. The number of fused-ring (bicyclic) bond motifs is 3. The third-order valence-electron chi connectivity index (χ3n) is 12.8. The Hall–Kier alpha value is -10.9. The van der Waals surface area contributed by atoms with Crippen LogP contribution < -0.4 is 39.0 Å². The van der Waals surface area contributed by atoms with Crippen molar-refractivity contribution in [2.75, 3.05) is 27.1 Å². The molecule has 0 unspecified atom stereocenters. The number of nitrogens with zero attached hydrogens (tertiary/aromatic N) is 3. The van der Waals surface area contributed by atoms with Crippen molar-refractivity contribution in [1.82, 2.24) is 0 Å².